The smallest absolute Gasteiger partial charge is 0.335 e. The predicted octanol–water partition coefficient (Wildman–Crippen LogP) is 3.57. The zero-order chi connectivity index (χ0) is 28.9. The van der Waals surface area contributed by atoms with E-state index in [0.717, 1.165) is 38.3 Å². The van der Waals surface area contributed by atoms with Gasteiger partial charge in [0.2, 0.25) is 0 Å². The number of amides is 2. The highest BCUT2D eigenvalue weighted by Gasteiger charge is 2.29. The van der Waals surface area contributed by atoms with Gasteiger partial charge >= 0.3 is 5.97 Å². The number of hydrogen-bond acceptors (Lipinski definition) is 7. The molecule has 0 saturated carbocycles. The van der Waals surface area contributed by atoms with Crippen molar-refractivity contribution in [1.82, 2.24) is 14.9 Å². The average molecular weight is 556 g/mol. The largest absolute Gasteiger partial charge is 0.478 e. The Hall–Kier alpha value is -4.51. The number of fused-ring (bicyclic) bond motifs is 1. The molecule has 0 atom stereocenters. The second-order valence-corrected chi connectivity index (χ2v) is 10.1. The van der Waals surface area contributed by atoms with Gasteiger partial charge in [0, 0.05) is 56.6 Å². The van der Waals surface area contributed by atoms with Crippen molar-refractivity contribution >= 4 is 40.4 Å². The minimum atomic E-state index is -1.07. The number of nitrogens with one attached hydrogen (secondary N) is 2. The lowest BCUT2D eigenvalue weighted by Gasteiger charge is -2.32. The molecule has 0 unspecified atom stereocenters. The summed E-state index contributed by atoms with van der Waals surface area (Å²) >= 11 is 0. The summed E-state index contributed by atoms with van der Waals surface area (Å²) in [4.78, 5) is 47.8. The molecule has 2 heterocycles. The first-order chi connectivity index (χ1) is 19.8. The lowest BCUT2D eigenvalue weighted by atomic mass is 9.99. The van der Waals surface area contributed by atoms with Crippen molar-refractivity contribution in [3.05, 3.63) is 95.1 Å². The molecule has 1 saturated heterocycles. The van der Waals surface area contributed by atoms with Crippen molar-refractivity contribution in [2.24, 2.45) is 0 Å². The minimum Gasteiger partial charge on any atom is -0.478 e. The highest BCUT2D eigenvalue weighted by Crippen LogP contribution is 2.38. The number of carbonyl (C=O) groups is 3. The van der Waals surface area contributed by atoms with Crippen molar-refractivity contribution in [3.63, 3.8) is 0 Å². The lowest BCUT2D eigenvalue weighted by molar-refractivity contribution is -0.111. The molecule has 2 aliphatic rings. The fourth-order valence-corrected chi connectivity index (χ4v) is 4.90. The Balaban J connectivity index is 1.31. The summed E-state index contributed by atoms with van der Waals surface area (Å²) in [6.45, 7) is 5.23. The number of hydroxylamine groups is 2. The summed E-state index contributed by atoms with van der Waals surface area (Å²) in [6, 6.07) is 20.9. The van der Waals surface area contributed by atoms with E-state index in [9.17, 15) is 19.5 Å². The summed E-state index contributed by atoms with van der Waals surface area (Å²) in [7, 11) is 3.73. The van der Waals surface area contributed by atoms with Gasteiger partial charge in [-0.15, -0.1) is 0 Å². The fraction of sp³-hybridized carbons (Fsp3) is 0.258. The number of likely N-dealkylation sites (N-methyl/N-ethyl adjacent to an activating group) is 1. The second-order valence-electron chi connectivity index (χ2n) is 10.1. The number of piperazine rings is 1. The van der Waals surface area contributed by atoms with Crippen LogP contribution in [0.2, 0.25) is 0 Å². The van der Waals surface area contributed by atoms with Crippen molar-refractivity contribution in [1.29, 1.82) is 0 Å². The Morgan fingerprint density at radius 3 is 2.32 bits per heavy atom. The van der Waals surface area contributed by atoms with Crippen LogP contribution in [0.1, 0.15) is 31.8 Å². The number of carboxylic acids is 1. The third kappa shape index (κ3) is 6.46. The van der Waals surface area contributed by atoms with E-state index >= 15 is 0 Å². The highest BCUT2D eigenvalue weighted by molar-refractivity contribution is 6.37. The predicted molar refractivity (Wildman–Crippen MR) is 157 cm³/mol. The van der Waals surface area contributed by atoms with Gasteiger partial charge in [-0.1, -0.05) is 36.4 Å². The lowest BCUT2D eigenvalue weighted by Crippen LogP contribution is -2.46. The van der Waals surface area contributed by atoms with Crippen LogP contribution in [-0.2, 0) is 9.63 Å². The molecule has 3 aromatic carbocycles. The van der Waals surface area contributed by atoms with Crippen molar-refractivity contribution in [2.45, 2.75) is 0 Å². The molecular weight excluding hydrogens is 522 g/mol. The molecule has 0 bridgehead atoms. The Morgan fingerprint density at radius 2 is 1.63 bits per heavy atom. The number of rotatable bonds is 9. The first kappa shape index (κ1) is 28.0. The molecule has 5 rings (SSSR count). The van der Waals surface area contributed by atoms with E-state index in [-0.39, 0.29) is 17.4 Å². The van der Waals surface area contributed by atoms with Gasteiger partial charge in [0.1, 0.15) is 0 Å². The van der Waals surface area contributed by atoms with Crippen LogP contribution in [0.4, 0.5) is 11.4 Å². The van der Waals surface area contributed by atoms with E-state index in [1.54, 1.807) is 37.4 Å². The van der Waals surface area contributed by atoms with E-state index in [0.29, 0.717) is 40.4 Å². The Morgan fingerprint density at radius 1 is 0.951 bits per heavy atom. The maximum Gasteiger partial charge on any atom is 0.335 e. The topological polar surface area (TPSA) is 114 Å². The Labute approximate surface area is 238 Å². The Kier molecular flexibility index (Phi) is 8.44. The summed E-state index contributed by atoms with van der Waals surface area (Å²) in [5.41, 5.74) is 4.02. The van der Waals surface area contributed by atoms with Crippen LogP contribution < -0.4 is 10.6 Å². The van der Waals surface area contributed by atoms with Crippen LogP contribution in [0.3, 0.4) is 0 Å². The summed E-state index contributed by atoms with van der Waals surface area (Å²) in [5.74, 6) is -1.66. The van der Waals surface area contributed by atoms with E-state index in [4.69, 9.17) is 4.84 Å². The molecule has 0 radical (unpaired) electrons. The van der Waals surface area contributed by atoms with E-state index in [2.05, 4.69) is 27.5 Å². The van der Waals surface area contributed by atoms with Gasteiger partial charge in [-0.05, 0) is 49.0 Å². The molecule has 2 aliphatic heterocycles. The molecule has 0 aliphatic carbocycles. The number of carbonyl (C=O) groups excluding carboxylic acids is 2. The van der Waals surface area contributed by atoms with Gasteiger partial charge in [0.05, 0.1) is 29.1 Å². The van der Waals surface area contributed by atoms with Crippen LogP contribution in [0, 0.1) is 0 Å². The van der Waals surface area contributed by atoms with Crippen LogP contribution in [0.15, 0.2) is 72.8 Å². The van der Waals surface area contributed by atoms with Gasteiger partial charge in [0.25, 0.3) is 11.8 Å². The average Bonchev–Trinajstić information content (AvgIpc) is 3.31. The first-order valence-corrected chi connectivity index (χ1v) is 13.5. The fourth-order valence-electron chi connectivity index (χ4n) is 4.90. The number of nitrogens with zero attached hydrogens (tertiary/aromatic N) is 3. The van der Waals surface area contributed by atoms with Gasteiger partial charge in [-0.25, -0.2) is 9.86 Å². The maximum absolute atomic E-state index is 13.1. The molecule has 2 amide bonds. The van der Waals surface area contributed by atoms with E-state index in [1.807, 2.05) is 30.3 Å². The normalized spacial score (nSPS) is 16.6. The standard InChI is InChI=1S/C31H33N5O5/c1-34-14-16-36(17-15-34)18-19-41-35(2)30(38)22-8-11-24(12-9-22)32-28(21-6-4-3-5-7-21)27-25-13-10-23(31(39)40)20-26(25)33-29(27)37/h3-13,20,32H,14-19H2,1-2H3,(H,33,37)(H,39,40). The van der Waals surface area contributed by atoms with Gasteiger partial charge < -0.3 is 20.6 Å². The summed E-state index contributed by atoms with van der Waals surface area (Å²) < 4.78 is 0. The monoisotopic (exact) mass is 555 g/mol. The maximum atomic E-state index is 13.1. The SMILES string of the molecule is CN1CCN(CCON(C)C(=O)c2ccc(NC(=C3C(=O)Nc4cc(C(=O)O)ccc43)c3ccccc3)cc2)CC1. The number of benzene rings is 3. The first-order valence-electron chi connectivity index (χ1n) is 13.5. The molecule has 10 heteroatoms. The van der Waals surface area contributed by atoms with Crippen molar-refractivity contribution in [3.8, 4) is 0 Å². The highest BCUT2D eigenvalue weighted by atomic mass is 16.7. The molecule has 3 N–H and O–H groups in total. The molecule has 41 heavy (non-hydrogen) atoms. The molecule has 212 valence electrons. The quantitative estimate of drug-likeness (QED) is 0.271. The molecule has 3 aromatic rings. The third-order valence-corrected chi connectivity index (χ3v) is 7.30. The van der Waals surface area contributed by atoms with E-state index < -0.39 is 5.97 Å². The van der Waals surface area contributed by atoms with Gasteiger partial charge in [-0.2, -0.15) is 0 Å². The Bertz CT molecular complexity index is 1460. The summed E-state index contributed by atoms with van der Waals surface area (Å²) in [6.07, 6.45) is 0. The zero-order valence-corrected chi connectivity index (χ0v) is 23.1. The zero-order valence-electron chi connectivity index (χ0n) is 23.1. The van der Waals surface area contributed by atoms with Crippen LogP contribution >= 0.6 is 0 Å². The minimum absolute atomic E-state index is 0.0908. The van der Waals surface area contributed by atoms with Crippen molar-refractivity contribution in [2.75, 3.05) is 64.1 Å². The summed E-state index contributed by atoms with van der Waals surface area (Å²) in [5, 5.41) is 16.8. The number of carboxylic acid groups (broad SMARTS) is 1. The van der Waals surface area contributed by atoms with Crippen LogP contribution in [0.5, 0.6) is 0 Å². The number of aromatic carboxylic acids is 1. The van der Waals surface area contributed by atoms with Crippen LogP contribution in [-0.4, -0.2) is 91.2 Å². The second kappa shape index (κ2) is 12.3. The molecule has 1 fully saturated rings. The van der Waals surface area contributed by atoms with Gasteiger partial charge in [-0.3, -0.25) is 19.3 Å². The van der Waals surface area contributed by atoms with Crippen molar-refractivity contribution < 1.29 is 24.3 Å². The van der Waals surface area contributed by atoms with Gasteiger partial charge in [0.15, 0.2) is 0 Å². The molecule has 10 nitrogen and oxygen atoms in total. The molecule has 0 spiro atoms. The number of hydrogen-bond donors (Lipinski definition) is 3. The molecular formula is C31H33N5O5. The number of anilines is 2. The van der Waals surface area contributed by atoms with E-state index in [1.165, 1.54) is 17.2 Å². The molecule has 0 aromatic heterocycles. The van der Waals surface area contributed by atoms with Crippen LogP contribution in [0.25, 0.3) is 11.3 Å². The third-order valence-electron chi connectivity index (χ3n) is 7.30.